The molecule has 200 valence electrons. The van der Waals surface area contributed by atoms with Crippen molar-refractivity contribution >= 4 is 44.3 Å². The van der Waals surface area contributed by atoms with Crippen LogP contribution in [0.15, 0.2) is 64.3 Å². The molecule has 2 amide bonds. The van der Waals surface area contributed by atoms with Crippen LogP contribution in [0.25, 0.3) is 16.9 Å². The van der Waals surface area contributed by atoms with E-state index in [1.54, 1.807) is 34.9 Å². The molecular weight excluding hydrogens is 524 g/mol. The number of benzene rings is 1. The van der Waals surface area contributed by atoms with Gasteiger partial charge in [-0.2, -0.15) is 11.3 Å². The van der Waals surface area contributed by atoms with Crippen molar-refractivity contribution in [2.75, 3.05) is 18.2 Å². The maximum Gasteiger partial charge on any atom is 0.270 e. The number of hydrogen-bond acceptors (Lipinski definition) is 7. The Bertz CT molecular complexity index is 1540. The maximum atomic E-state index is 13.4. The van der Waals surface area contributed by atoms with Crippen molar-refractivity contribution in [3.63, 3.8) is 0 Å². The highest BCUT2D eigenvalue weighted by Crippen LogP contribution is 2.29. The smallest absolute Gasteiger partial charge is 0.270 e. The molecule has 4 aromatic rings. The summed E-state index contributed by atoms with van der Waals surface area (Å²) in [5, 5.41) is 19.4. The van der Waals surface area contributed by atoms with Crippen LogP contribution in [0.1, 0.15) is 36.3 Å². The molecular formula is C27H30N4O5S2. The summed E-state index contributed by atoms with van der Waals surface area (Å²) in [5.74, 6) is -0.392. The van der Waals surface area contributed by atoms with Crippen molar-refractivity contribution in [1.82, 2.24) is 14.7 Å². The summed E-state index contributed by atoms with van der Waals surface area (Å²) in [6.45, 7) is 3.87. The van der Waals surface area contributed by atoms with Crippen molar-refractivity contribution in [3.8, 4) is 11.3 Å². The fourth-order valence-corrected chi connectivity index (χ4v) is 5.49. The number of sulfone groups is 1. The first-order chi connectivity index (χ1) is 18.1. The minimum Gasteiger partial charge on any atom is -0.394 e. The fraction of sp³-hybridized carbons (Fsp3) is 0.296. The number of rotatable bonds is 10. The average molecular weight is 555 g/mol. The van der Waals surface area contributed by atoms with Gasteiger partial charge < -0.3 is 15.7 Å². The van der Waals surface area contributed by atoms with E-state index in [9.17, 15) is 23.1 Å². The second-order valence-corrected chi connectivity index (χ2v) is 12.4. The number of carbonyl (C=O) groups is 2. The standard InChI is InChI=1S/C27H30N4O5S2/c1-17(2)13-20(15-32)28-27(34)25-24(19-10-12-37-16-19)30-26-22(5-4-11-31(25)26)29-23(33)14-18-6-8-21(9-7-18)38(3,35)36/h4-12,16-17,20,32H,13-15H2,1-3H3,(H,28,34)(H,29,33)/t20-/m0/s1. The number of amides is 2. The molecule has 0 unspecified atom stereocenters. The normalized spacial score (nSPS) is 12.6. The zero-order valence-electron chi connectivity index (χ0n) is 21.3. The third-order valence-electron chi connectivity index (χ3n) is 5.96. The quantitative estimate of drug-likeness (QED) is 0.274. The van der Waals surface area contributed by atoms with Gasteiger partial charge in [0.05, 0.1) is 29.7 Å². The number of carbonyl (C=O) groups excluding carboxylic acids is 2. The van der Waals surface area contributed by atoms with Gasteiger partial charge in [0.15, 0.2) is 15.5 Å². The monoisotopic (exact) mass is 554 g/mol. The Labute approximate surface area is 225 Å². The molecule has 11 heteroatoms. The zero-order valence-corrected chi connectivity index (χ0v) is 23.0. The molecule has 0 bridgehead atoms. The largest absolute Gasteiger partial charge is 0.394 e. The summed E-state index contributed by atoms with van der Waals surface area (Å²) in [6.07, 6.45) is 3.50. The lowest BCUT2D eigenvalue weighted by Crippen LogP contribution is -2.39. The SMILES string of the molecule is CC(C)C[C@@H](CO)NC(=O)c1c(-c2ccsc2)nc2c(NC(=O)Cc3ccc(S(C)(=O)=O)cc3)cccn12. The molecule has 0 radical (unpaired) electrons. The van der Waals surface area contributed by atoms with Crippen molar-refractivity contribution in [2.45, 2.75) is 37.6 Å². The van der Waals surface area contributed by atoms with Crippen LogP contribution in [0.3, 0.4) is 0 Å². The topological polar surface area (TPSA) is 130 Å². The van der Waals surface area contributed by atoms with Crippen LogP contribution in [-0.4, -0.2) is 53.6 Å². The molecule has 0 fully saturated rings. The lowest BCUT2D eigenvalue weighted by Gasteiger charge is -2.18. The Morgan fingerprint density at radius 1 is 1.13 bits per heavy atom. The lowest BCUT2D eigenvalue weighted by atomic mass is 10.0. The summed E-state index contributed by atoms with van der Waals surface area (Å²) >= 11 is 1.48. The maximum absolute atomic E-state index is 13.4. The van der Waals surface area contributed by atoms with Crippen LogP contribution in [-0.2, 0) is 21.1 Å². The second kappa shape index (κ2) is 11.5. The Morgan fingerprint density at radius 3 is 2.47 bits per heavy atom. The predicted octanol–water partition coefficient (Wildman–Crippen LogP) is 3.78. The van der Waals surface area contributed by atoms with Gasteiger partial charge in [0.2, 0.25) is 5.91 Å². The average Bonchev–Trinajstić information content (AvgIpc) is 3.51. The van der Waals surface area contributed by atoms with Crippen molar-refractivity contribution < 1.29 is 23.1 Å². The molecule has 0 aliphatic carbocycles. The molecule has 38 heavy (non-hydrogen) atoms. The van der Waals surface area contributed by atoms with Gasteiger partial charge in [-0.25, -0.2) is 13.4 Å². The summed E-state index contributed by atoms with van der Waals surface area (Å²) in [6, 6.07) is 11.1. The molecule has 1 atom stereocenters. The van der Waals surface area contributed by atoms with Crippen LogP contribution >= 0.6 is 11.3 Å². The Kier molecular flexibility index (Phi) is 8.29. The van der Waals surface area contributed by atoms with Crippen LogP contribution in [0.5, 0.6) is 0 Å². The molecule has 3 aromatic heterocycles. The first-order valence-electron chi connectivity index (χ1n) is 12.1. The van der Waals surface area contributed by atoms with E-state index in [-0.39, 0.29) is 35.7 Å². The highest BCUT2D eigenvalue weighted by atomic mass is 32.2. The van der Waals surface area contributed by atoms with Gasteiger partial charge in [0.25, 0.3) is 5.91 Å². The molecule has 0 aliphatic rings. The number of thiophene rings is 1. The molecule has 1 aromatic carbocycles. The van der Waals surface area contributed by atoms with Gasteiger partial charge in [0, 0.05) is 23.4 Å². The van der Waals surface area contributed by atoms with Gasteiger partial charge in [-0.1, -0.05) is 26.0 Å². The molecule has 9 nitrogen and oxygen atoms in total. The number of anilines is 1. The first kappa shape index (κ1) is 27.5. The zero-order chi connectivity index (χ0) is 27.4. The Hall–Kier alpha value is -3.54. The van der Waals surface area contributed by atoms with Crippen LogP contribution in [0.4, 0.5) is 5.69 Å². The molecule has 0 aliphatic heterocycles. The number of hydrogen-bond donors (Lipinski definition) is 3. The summed E-state index contributed by atoms with van der Waals surface area (Å²) in [7, 11) is -3.32. The first-order valence-corrected chi connectivity index (χ1v) is 14.9. The second-order valence-electron chi connectivity index (χ2n) is 9.56. The molecule has 4 rings (SSSR count). The van der Waals surface area contributed by atoms with E-state index in [0.717, 1.165) is 11.8 Å². The van der Waals surface area contributed by atoms with Gasteiger partial charge >= 0.3 is 0 Å². The number of nitrogens with one attached hydrogen (secondary N) is 2. The molecule has 0 saturated carbocycles. The van der Waals surface area contributed by atoms with E-state index in [4.69, 9.17) is 4.98 Å². The van der Waals surface area contributed by atoms with E-state index < -0.39 is 15.9 Å². The fourth-order valence-electron chi connectivity index (χ4n) is 4.22. The van der Waals surface area contributed by atoms with Gasteiger partial charge in [-0.05, 0) is 53.6 Å². The van der Waals surface area contributed by atoms with Crippen molar-refractivity contribution in [1.29, 1.82) is 0 Å². The van der Waals surface area contributed by atoms with Gasteiger partial charge in [0.1, 0.15) is 11.4 Å². The van der Waals surface area contributed by atoms with E-state index in [2.05, 4.69) is 10.6 Å². The van der Waals surface area contributed by atoms with Crippen LogP contribution < -0.4 is 10.6 Å². The van der Waals surface area contributed by atoms with E-state index in [0.29, 0.717) is 34.7 Å². The summed E-state index contributed by atoms with van der Waals surface area (Å²) in [4.78, 5) is 31.2. The Balaban J connectivity index is 1.64. The Morgan fingerprint density at radius 2 is 1.87 bits per heavy atom. The van der Waals surface area contributed by atoms with Gasteiger partial charge in [-0.3, -0.25) is 14.0 Å². The van der Waals surface area contributed by atoms with Crippen molar-refractivity contribution in [3.05, 3.63) is 70.7 Å². The van der Waals surface area contributed by atoms with E-state index >= 15 is 0 Å². The highest BCUT2D eigenvalue weighted by Gasteiger charge is 2.25. The summed E-state index contributed by atoms with van der Waals surface area (Å²) in [5.41, 5.74) is 3.06. The highest BCUT2D eigenvalue weighted by molar-refractivity contribution is 7.90. The summed E-state index contributed by atoms with van der Waals surface area (Å²) < 4.78 is 25.0. The predicted molar refractivity (Wildman–Crippen MR) is 148 cm³/mol. The molecule has 3 N–H and O–H groups in total. The molecule has 0 saturated heterocycles. The number of aromatic nitrogens is 2. The number of fused-ring (bicyclic) bond motifs is 1. The number of imidazole rings is 1. The number of aliphatic hydroxyl groups is 1. The molecule has 0 spiro atoms. The van der Waals surface area contributed by atoms with Crippen LogP contribution in [0.2, 0.25) is 0 Å². The van der Waals surface area contributed by atoms with E-state index in [1.165, 1.54) is 23.5 Å². The molecule has 3 heterocycles. The lowest BCUT2D eigenvalue weighted by molar-refractivity contribution is -0.115. The van der Waals surface area contributed by atoms with Crippen LogP contribution in [0, 0.1) is 5.92 Å². The number of aliphatic hydroxyl groups excluding tert-OH is 1. The van der Waals surface area contributed by atoms with E-state index in [1.807, 2.05) is 30.7 Å². The van der Waals surface area contributed by atoms with Gasteiger partial charge in [-0.15, -0.1) is 0 Å². The number of pyridine rings is 1. The number of nitrogens with zero attached hydrogens (tertiary/aromatic N) is 2. The third-order valence-corrected chi connectivity index (χ3v) is 7.77. The minimum absolute atomic E-state index is 0.0317. The minimum atomic E-state index is -3.32. The third kappa shape index (κ3) is 6.29. The van der Waals surface area contributed by atoms with Crippen molar-refractivity contribution in [2.24, 2.45) is 5.92 Å².